The normalized spacial score (nSPS) is 26.1. The Morgan fingerprint density at radius 3 is 1.23 bits per heavy atom. The number of anilines is 2. The lowest BCUT2D eigenvalue weighted by molar-refractivity contribution is 0.404. The summed E-state index contributed by atoms with van der Waals surface area (Å²) in [6.07, 6.45) is 7.66. The van der Waals surface area contributed by atoms with E-state index in [0.717, 1.165) is 82.7 Å². The highest BCUT2D eigenvalue weighted by Crippen LogP contribution is 2.38. The van der Waals surface area contributed by atoms with Gasteiger partial charge in [-0.15, -0.1) is 0 Å². The van der Waals surface area contributed by atoms with Crippen LogP contribution in [0.3, 0.4) is 0 Å². The smallest absolute Gasteiger partial charge is 0.0850 e. The minimum absolute atomic E-state index is 0.307. The van der Waals surface area contributed by atoms with E-state index in [9.17, 15) is 0 Å². The first-order valence-electron chi connectivity index (χ1n) is 13.3. The molecule has 6 rings (SSSR count). The lowest BCUT2D eigenvalue weighted by Gasteiger charge is -2.25. The van der Waals surface area contributed by atoms with Crippen molar-refractivity contribution < 1.29 is 18.9 Å². The van der Waals surface area contributed by atoms with E-state index in [-0.39, 0.29) is 0 Å². The molecule has 4 N–H and O–H groups in total. The second kappa shape index (κ2) is 9.40. The van der Waals surface area contributed by atoms with Gasteiger partial charge in [-0.25, -0.2) is 0 Å². The zero-order valence-electron chi connectivity index (χ0n) is 21.0. The average Bonchev–Trinajstić information content (AvgIpc) is 3.66. The van der Waals surface area contributed by atoms with E-state index in [1.54, 1.807) is 0 Å². The van der Waals surface area contributed by atoms with E-state index in [2.05, 4.69) is 26.0 Å². The molecule has 0 amide bonds. The van der Waals surface area contributed by atoms with Crippen molar-refractivity contribution in [2.45, 2.75) is 83.2 Å². The van der Waals surface area contributed by atoms with E-state index in [0.29, 0.717) is 24.4 Å². The summed E-state index contributed by atoms with van der Waals surface area (Å²) < 4.78 is 22.7. The molecule has 4 aliphatic heterocycles. The summed E-state index contributed by atoms with van der Waals surface area (Å²) in [6.45, 7) is 7.78. The minimum Gasteiger partial charge on any atom is -0.398 e. The van der Waals surface area contributed by atoms with Crippen LogP contribution in [0.25, 0.3) is 0 Å². The number of hydrogen-bond acceptors (Lipinski definition) is 6. The van der Waals surface area contributed by atoms with Crippen LogP contribution in [0.5, 0.6) is 0 Å². The summed E-state index contributed by atoms with van der Waals surface area (Å²) in [5.74, 6) is 0. The molecule has 4 fully saturated rings. The minimum atomic E-state index is 0.307. The fourth-order valence-corrected chi connectivity index (χ4v) is 5.82. The fraction of sp³-hybridized carbons (Fsp3) is 0.586. The molecule has 6 heteroatoms. The first kappa shape index (κ1) is 23.3. The van der Waals surface area contributed by atoms with Crippen molar-refractivity contribution in [3.63, 3.8) is 0 Å². The summed E-state index contributed by atoms with van der Waals surface area (Å²) in [5.41, 5.74) is 25.9. The van der Waals surface area contributed by atoms with Crippen LogP contribution in [-0.4, -0.2) is 50.8 Å². The van der Waals surface area contributed by atoms with Crippen molar-refractivity contribution in [1.82, 2.24) is 0 Å². The SMILES string of the molecule is CCc1c(N)cc(CC2CO2)c(Cc2c(CC3CO3)cc(N)c(CC)c2CC2CO2)c1CC1CO1. The lowest BCUT2D eigenvalue weighted by atomic mass is 9.81. The third-order valence-corrected chi connectivity index (χ3v) is 8.02. The molecule has 0 aromatic heterocycles. The number of benzene rings is 2. The molecule has 4 unspecified atom stereocenters. The maximum atomic E-state index is 6.63. The summed E-state index contributed by atoms with van der Waals surface area (Å²) in [6, 6.07) is 4.44. The van der Waals surface area contributed by atoms with Crippen LogP contribution in [0, 0.1) is 0 Å². The molecule has 2 aromatic carbocycles. The van der Waals surface area contributed by atoms with Crippen molar-refractivity contribution in [2.75, 3.05) is 37.9 Å². The molecule has 2 aromatic rings. The van der Waals surface area contributed by atoms with Gasteiger partial charge in [0.15, 0.2) is 0 Å². The molecule has 0 spiro atoms. The number of ether oxygens (including phenoxy) is 4. The van der Waals surface area contributed by atoms with Crippen molar-refractivity contribution in [3.8, 4) is 0 Å². The van der Waals surface area contributed by atoms with Crippen LogP contribution in [0.15, 0.2) is 12.1 Å². The number of epoxide rings is 4. The maximum Gasteiger partial charge on any atom is 0.0850 e. The van der Waals surface area contributed by atoms with Gasteiger partial charge in [-0.3, -0.25) is 0 Å². The van der Waals surface area contributed by atoms with Gasteiger partial charge < -0.3 is 30.4 Å². The van der Waals surface area contributed by atoms with Crippen LogP contribution in [0.1, 0.15) is 58.4 Å². The average molecular weight is 479 g/mol. The van der Waals surface area contributed by atoms with Crippen molar-refractivity contribution >= 4 is 11.4 Å². The van der Waals surface area contributed by atoms with Crippen molar-refractivity contribution in [3.05, 3.63) is 56.6 Å². The molecule has 0 saturated carbocycles. The highest BCUT2D eigenvalue weighted by Gasteiger charge is 2.33. The fourth-order valence-electron chi connectivity index (χ4n) is 5.82. The van der Waals surface area contributed by atoms with Crippen LogP contribution in [0.2, 0.25) is 0 Å². The molecular weight excluding hydrogens is 440 g/mol. The summed E-state index contributed by atoms with van der Waals surface area (Å²) in [7, 11) is 0. The van der Waals surface area contributed by atoms with E-state index >= 15 is 0 Å². The number of nitrogen functional groups attached to an aromatic ring is 2. The van der Waals surface area contributed by atoms with E-state index in [1.165, 1.54) is 44.5 Å². The topological polar surface area (TPSA) is 102 Å². The van der Waals surface area contributed by atoms with Gasteiger partial charge in [0.25, 0.3) is 0 Å². The Hall–Kier alpha value is -2.12. The zero-order chi connectivity index (χ0) is 24.1. The summed E-state index contributed by atoms with van der Waals surface area (Å²) in [4.78, 5) is 0. The Morgan fingerprint density at radius 1 is 0.571 bits per heavy atom. The summed E-state index contributed by atoms with van der Waals surface area (Å²) >= 11 is 0. The van der Waals surface area contributed by atoms with Crippen LogP contribution >= 0.6 is 0 Å². The van der Waals surface area contributed by atoms with Gasteiger partial charge in [0.1, 0.15) is 0 Å². The first-order chi connectivity index (χ1) is 17.0. The second-order valence-electron chi connectivity index (χ2n) is 10.6. The van der Waals surface area contributed by atoms with Gasteiger partial charge in [-0.2, -0.15) is 0 Å². The zero-order valence-corrected chi connectivity index (χ0v) is 21.0. The maximum absolute atomic E-state index is 6.63. The van der Waals surface area contributed by atoms with Gasteiger partial charge in [-0.1, -0.05) is 13.8 Å². The Bertz CT molecular complexity index is 1030. The molecule has 6 nitrogen and oxygen atoms in total. The molecule has 4 atom stereocenters. The van der Waals surface area contributed by atoms with Crippen molar-refractivity contribution in [2.24, 2.45) is 0 Å². The standard InChI is InChI=1S/C29H38N2O4/c1-3-22-26(9-20-14-34-20)24(16(7-28(22)30)5-18-12-32-18)11-25-17(6-19-13-33-19)8-29(31)23(4-2)27(25)10-21-15-35-21/h7-8,18-21H,3-6,9-15,30-31H2,1-2H3. The van der Waals surface area contributed by atoms with Crippen LogP contribution in [-0.2, 0) is 63.9 Å². The highest BCUT2D eigenvalue weighted by atomic mass is 16.6. The molecular formula is C29H38N2O4. The molecule has 35 heavy (non-hydrogen) atoms. The lowest BCUT2D eigenvalue weighted by Crippen LogP contribution is -2.16. The Balaban J connectivity index is 1.50. The third-order valence-electron chi connectivity index (χ3n) is 8.02. The van der Waals surface area contributed by atoms with Crippen LogP contribution < -0.4 is 11.5 Å². The predicted octanol–water partition coefficient (Wildman–Crippen LogP) is 3.33. The van der Waals surface area contributed by atoms with E-state index in [1.807, 2.05) is 0 Å². The quantitative estimate of drug-likeness (QED) is 0.358. The molecule has 0 bridgehead atoms. The van der Waals surface area contributed by atoms with Gasteiger partial charge in [-0.05, 0) is 75.9 Å². The van der Waals surface area contributed by atoms with Gasteiger partial charge >= 0.3 is 0 Å². The second-order valence-corrected chi connectivity index (χ2v) is 10.6. The Kier molecular flexibility index (Phi) is 6.25. The predicted molar refractivity (Wildman–Crippen MR) is 137 cm³/mol. The van der Waals surface area contributed by atoms with Crippen molar-refractivity contribution in [1.29, 1.82) is 0 Å². The monoisotopic (exact) mass is 478 g/mol. The molecule has 0 radical (unpaired) electrons. The highest BCUT2D eigenvalue weighted by molar-refractivity contribution is 5.63. The molecule has 4 aliphatic rings. The van der Waals surface area contributed by atoms with Gasteiger partial charge in [0, 0.05) is 37.1 Å². The van der Waals surface area contributed by atoms with E-state index in [4.69, 9.17) is 30.4 Å². The van der Waals surface area contributed by atoms with Gasteiger partial charge in [0.05, 0.1) is 50.8 Å². The third kappa shape index (κ3) is 5.21. The molecule has 0 aliphatic carbocycles. The first-order valence-corrected chi connectivity index (χ1v) is 13.3. The molecule has 4 heterocycles. The van der Waals surface area contributed by atoms with E-state index < -0.39 is 0 Å². The molecule has 188 valence electrons. The molecule has 4 saturated heterocycles. The largest absolute Gasteiger partial charge is 0.398 e. The Morgan fingerprint density at radius 2 is 0.914 bits per heavy atom. The number of rotatable bonds is 12. The van der Waals surface area contributed by atoms with Gasteiger partial charge in [0.2, 0.25) is 0 Å². The summed E-state index contributed by atoms with van der Waals surface area (Å²) in [5, 5.41) is 0. The number of hydrogen-bond donors (Lipinski definition) is 2. The number of nitrogens with two attached hydrogens (primary N) is 2. The Labute approximate surface area is 208 Å². The van der Waals surface area contributed by atoms with Crippen LogP contribution in [0.4, 0.5) is 11.4 Å².